The summed E-state index contributed by atoms with van der Waals surface area (Å²) in [7, 11) is -7.15. The maximum absolute atomic E-state index is 13.1. The first kappa shape index (κ1) is 45.3. The predicted octanol–water partition coefficient (Wildman–Crippen LogP) is 10.2. The van der Waals surface area contributed by atoms with Crippen LogP contribution in [0.15, 0.2) is 93.3 Å². The zero-order chi connectivity index (χ0) is 43.8. The number of nitrogens with zero attached hydrogens (tertiary/aromatic N) is 2. The number of halogens is 2. The van der Waals surface area contributed by atoms with E-state index in [2.05, 4.69) is 43.5 Å². The van der Waals surface area contributed by atoms with Crippen molar-refractivity contribution in [3.05, 3.63) is 117 Å². The summed E-state index contributed by atoms with van der Waals surface area (Å²) in [5, 5.41) is 3.03. The predicted molar refractivity (Wildman–Crippen MR) is 253 cm³/mol. The monoisotopic (exact) mass is 954 g/mol. The lowest BCUT2D eigenvalue weighted by atomic mass is 10.2. The Kier molecular flexibility index (Phi) is 13.9. The van der Waals surface area contributed by atoms with Gasteiger partial charge in [-0.05, 0) is 147 Å². The third-order valence-corrected chi connectivity index (χ3v) is 18.5. The molecule has 0 bridgehead atoms. The minimum Gasteiger partial charge on any atom is -0.491 e. The van der Waals surface area contributed by atoms with Crippen molar-refractivity contribution in [2.75, 3.05) is 26.2 Å². The maximum atomic E-state index is 13.1. The fourth-order valence-electron chi connectivity index (χ4n) is 8.06. The molecule has 2 aromatic heterocycles. The molecular formula is C46H52Cl2N4O6S4. The van der Waals surface area contributed by atoms with E-state index in [9.17, 15) is 16.8 Å². The second-order valence-corrected chi connectivity index (χ2v) is 23.6. The molecule has 6 aromatic rings. The molecule has 2 saturated heterocycles. The lowest BCUT2D eigenvalue weighted by molar-refractivity contribution is 0.242. The molecule has 9 rings (SSSR count). The first-order chi connectivity index (χ1) is 29.6. The molecule has 2 N–H and O–H groups in total. The number of likely N-dealkylation sites (tertiary alicyclic amines) is 2. The number of hydrogen-bond donors (Lipinski definition) is 2. The highest BCUT2D eigenvalue weighted by molar-refractivity contribution is 7.92. The van der Waals surface area contributed by atoms with Crippen LogP contribution in [0.5, 0.6) is 11.5 Å². The number of rotatable bonds is 14. The van der Waals surface area contributed by atoms with E-state index in [1.807, 2.05) is 76.2 Å². The van der Waals surface area contributed by atoms with Crippen LogP contribution >= 0.6 is 45.9 Å². The van der Waals surface area contributed by atoms with Crippen LogP contribution < -0.4 is 18.9 Å². The summed E-state index contributed by atoms with van der Waals surface area (Å²) in [6.45, 7) is 12.4. The van der Waals surface area contributed by atoms with Gasteiger partial charge >= 0.3 is 0 Å². The largest absolute Gasteiger partial charge is 0.491 e. The van der Waals surface area contributed by atoms with E-state index in [-0.39, 0.29) is 18.2 Å². The Labute approximate surface area is 383 Å². The van der Waals surface area contributed by atoms with Gasteiger partial charge in [-0.25, -0.2) is 26.3 Å². The van der Waals surface area contributed by atoms with Gasteiger partial charge in [0.1, 0.15) is 19.9 Å². The molecule has 3 aliphatic rings. The number of thiophene rings is 2. The lowest BCUT2D eigenvalue weighted by Crippen LogP contribution is -2.36. The van der Waals surface area contributed by atoms with E-state index in [0.29, 0.717) is 37.7 Å². The van der Waals surface area contributed by atoms with Crippen LogP contribution in [-0.2, 0) is 33.1 Å². The Bertz CT molecular complexity index is 2570. The summed E-state index contributed by atoms with van der Waals surface area (Å²) >= 11 is 14.8. The van der Waals surface area contributed by atoms with Gasteiger partial charge in [0.05, 0.1) is 12.2 Å². The average Bonchev–Trinajstić information content (AvgIpc) is 3.45. The van der Waals surface area contributed by atoms with Gasteiger partial charge in [-0.1, -0.05) is 47.5 Å². The first-order valence-electron chi connectivity index (χ1n) is 21.0. The third-order valence-electron chi connectivity index (χ3n) is 11.2. The molecule has 0 unspecified atom stereocenters. The minimum absolute atomic E-state index is 0.0873. The maximum Gasteiger partial charge on any atom is 0.250 e. The van der Waals surface area contributed by atoms with Crippen LogP contribution in [0.25, 0.3) is 20.2 Å². The fraction of sp³-hybridized carbons (Fsp3) is 0.391. The SMILES string of the molecule is Cc1c(S(=O)(=O)N[C@@H]2CCN(Cc3ccc(OC(C)C)cc3)C2)sc2ccc(Cl)cc12.Cc1c(S(=O)(=O)N[C@@H]2CCN(Cc3ccc(OC4CC4)cc3)C2)sc2ccc(Cl)cc12. The molecule has 62 heavy (non-hydrogen) atoms. The van der Waals surface area contributed by atoms with Crippen LogP contribution in [0.3, 0.4) is 0 Å². The molecule has 330 valence electrons. The van der Waals surface area contributed by atoms with Gasteiger partial charge in [0.2, 0.25) is 0 Å². The molecule has 1 saturated carbocycles. The van der Waals surface area contributed by atoms with Gasteiger partial charge in [-0.15, -0.1) is 22.7 Å². The Hall–Kier alpha value is -3.28. The number of aryl methyl sites for hydroxylation is 2. The molecule has 4 aromatic carbocycles. The van der Waals surface area contributed by atoms with Crippen LogP contribution in [0.2, 0.25) is 10.0 Å². The smallest absolute Gasteiger partial charge is 0.250 e. The molecule has 10 nitrogen and oxygen atoms in total. The number of fused-ring (bicyclic) bond motifs is 2. The number of nitrogens with one attached hydrogen (secondary N) is 2. The van der Waals surface area contributed by atoms with Crippen LogP contribution in [0.4, 0.5) is 0 Å². The van der Waals surface area contributed by atoms with Gasteiger partial charge in [0.15, 0.2) is 0 Å². The van der Waals surface area contributed by atoms with Crippen LogP contribution in [0, 0.1) is 13.8 Å². The number of benzene rings is 4. The molecule has 0 radical (unpaired) electrons. The summed E-state index contributed by atoms with van der Waals surface area (Å²) < 4.78 is 72.3. The van der Waals surface area contributed by atoms with E-state index in [4.69, 9.17) is 32.7 Å². The van der Waals surface area contributed by atoms with E-state index in [1.165, 1.54) is 33.8 Å². The minimum atomic E-state index is -3.58. The van der Waals surface area contributed by atoms with Crippen molar-refractivity contribution >= 4 is 86.1 Å². The highest BCUT2D eigenvalue weighted by atomic mass is 35.5. The molecule has 2 aliphatic heterocycles. The molecule has 4 heterocycles. The van der Waals surface area contributed by atoms with Crippen molar-refractivity contribution in [2.45, 2.75) is 99.2 Å². The van der Waals surface area contributed by atoms with Gasteiger partial charge in [0.25, 0.3) is 20.0 Å². The normalized spacial score (nSPS) is 18.8. The summed E-state index contributed by atoms with van der Waals surface area (Å²) in [5.41, 5.74) is 3.92. The van der Waals surface area contributed by atoms with Gasteiger partial charge < -0.3 is 9.47 Å². The second-order valence-electron chi connectivity index (χ2n) is 16.8. The zero-order valence-electron chi connectivity index (χ0n) is 35.2. The molecule has 0 spiro atoms. The van der Waals surface area contributed by atoms with Gasteiger partial charge in [-0.2, -0.15) is 0 Å². The summed E-state index contributed by atoms with van der Waals surface area (Å²) in [4.78, 5) is 4.57. The number of ether oxygens (including phenoxy) is 2. The highest BCUT2D eigenvalue weighted by Crippen LogP contribution is 2.37. The molecule has 0 amide bonds. The molecule has 16 heteroatoms. The van der Waals surface area contributed by atoms with Gasteiger partial charge in [-0.3, -0.25) is 9.80 Å². The quantitative estimate of drug-likeness (QED) is 0.111. The number of sulfonamides is 2. The van der Waals surface area contributed by atoms with Crippen LogP contribution in [0.1, 0.15) is 61.8 Å². The Balaban J connectivity index is 0.000000171. The Morgan fingerprint density at radius 1 is 0.645 bits per heavy atom. The Morgan fingerprint density at radius 2 is 1.08 bits per heavy atom. The van der Waals surface area contributed by atoms with E-state index >= 15 is 0 Å². The first-order valence-corrected chi connectivity index (χ1v) is 26.3. The molecule has 2 atom stereocenters. The molecule has 3 fully saturated rings. The summed E-state index contributed by atoms with van der Waals surface area (Å²) in [6, 6.07) is 27.2. The topological polar surface area (TPSA) is 117 Å². The van der Waals surface area contributed by atoms with E-state index in [1.54, 1.807) is 12.1 Å². The van der Waals surface area contributed by atoms with Crippen molar-refractivity contribution in [3.8, 4) is 11.5 Å². The third kappa shape index (κ3) is 11.1. The van der Waals surface area contributed by atoms with Crippen molar-refractivity contribution in [1.29, 1.82) is 0 Å². The number of hydrogen-bond acceptors (Lipinski definition) is 10. The van der Waals surface area contributed by atoms with Crippen molar-refractivity contribution in [1.82, 2.24) is 19.2 Å². The fourth-order valence-corrected chi connectivity index (χ4v) is 14.5. The standard InChI is InChI=1S/C23H25ClN2O3S2.C23H27ClN2O3S2/c1-15-21-12-17(24)4-9-22(21)30-23(15)31(27,28)25-18-10-11-26(14-18)13-16-2-5-19(6-3-16)29-20-7-8-20;1-15(2)29-20-7-4-17(5-8-20)13-26-11-10-19(14-26)25-31(27,28)23-16(3)21-12-18(24)6-9-22(21)30-23/h2-6,9,12,18,20,25H,7-8,10-11,13-14H2,1H3;4-9,12,15,19,25H,10-11,13-14H2,1-3H3/t18-;19-/m11/s1. The van der Waals surface area contributed by atoms with Crippen molar-refractivity contribution < 1.29 is 26.3 Å². The summed E-state index contributed by atoms with van der Waals surface area (Å²) in [5.74, 6) is 1.80. The van der Waals surface area contributed by atoms with Crippen molar-refractivity contribution in [2.24, 2.45) is 0 Å². The lowest BCUT2D eigenvalue weighted by Gasteiger charge is -2.17. The van der Waals surface area contributed by atoms with Crippen LogP contribution in [-0.4, -0.2) is 77.1 Å². The summed E-state index contributed by atoms with van der Waals surface area (Å²) in [6.07, 6.45) is 4.46. The van der Waals surface area contributed by atoms with Crippen molar-refractivity contribution in [3.63, 3.8) is 0 Å². The van der Waals surface area contributed by atoms with E-state index in [0.717, 1.165) is 94.7 Å². The molecule has 1 aliphatic carbocycles. The van der Waals surface area contributed by atoms with Gasteiger partial charge in [0, 0.05) is 70.8 Å². The highest BCUT2D eigenvalue weighted by Gasteiger charge is 2.31. The van der Waals surface area contributed by atoms with E-state index < -0.39 is 20.0 Å². The zero-order valence-corrected chi connectivity index (χ0v) is 40.0. The second kappa shape index (κ2) is 19.1. The molecular weight excluding hydrogens is 904 g/mol. The average molecular weight is 956 g/mol. The Morgan fingerprint density at radius 3 is 1.50 bits per heavy atom.